The number of rotatable bonds is 10. The largest absolute Gasteiger partial charge is 0.497 e. The predicted octanol–water partition coefficient (Wildman–Crippen LogP) is 3.70. The van der Waals surface area contributed by atoms with Crippen molar-refractivity contribution in [3.05, 3.63) is 94.9 Å². The van der Waals surface area contributed by atoms with Crippen molar-refractivity contribution in [1.82, 2.24) is 23.7 Å². The van der Waals surface area contributed by atoms with E-state index in [0.717, 1.165) is 49.3 Å². The summed E-state index contributed by atoms with van der Waals surface area (Å²) < 4.78 is 35.3. The number of likely N-dealkylation sites (tertiary alicyclic amines) is 2. The lowest BCUT2D eigenvalue weighted by Gasteiger charge is -2.33. The van der Waals surface area contributed by atoms with Crippen LogP contribution in [-0.4, -0.2) is 84.6 Å². The number of aromatic nitrogens is 2. The standard InChI is InChI=1S/C34H41N5O5S/c1-3-20-36-21-17-26(18-22-36)35-27-19-23-37(24-27)33(40)32(25-9-5-4-6-10-25)38-30-11-7-8-12-31(30)39(34(38)41)45(42,43)29-15-13-28(44-2)14-16-29/h4-16,26-27,32,35H,3,17-24H2,1-2H3/t27-,32?/m0/s1. The number of para-hydroxylation sites is 2. The molecule has 3 heterocycles. The fourth-order valence-electron chi connectivity index (χ4n) is 6.76. The zero-order valence-electron chi connectivity index (χ0n) is 25.8. The summed E-state index contributed by atoms with van der Waals surface area (Å²) in [4.78, 5) is 33.0. The number of carbonyl (C=O) groups excluding carboxylic acids is 1. The number of ether oxygens (including phenoxy) is 1. The van der Waals surface area contributed by atoms with Crippen LogP contribution in [-0.2, 0) is 14.8 Å². The van der Waals surface area contributed by atoms with Gasteiger partial charge in [0.15, 0.2) is 0 Å². The lowest BCUT2D eigenvalue weighted by Crippen LogP contribution is -2.48. The van der Waals surface area contributed by atoms with E-state index in [2.05, 4.69) is 17.1 Å². The van der Waals surface area contributed by atoms with Crippen LogP contribution in [0.25, 0.3) is 11.0 Å². The number of hydrogen-bond acceptors (Lipinski definition) is 7. The summed E-state index contributed by atoms with van der Waals surface area (Å²) in [5.74, 6) is 0.272. The quantitative estimate of drug-likeness (QED) is 0.285. The van der Waals surface area contributed by atoms with Crippen LogP contribution in [0.15, 0.2) is 88.6 Å². The third-order valence-corrected chi connectivity index (χ3v) is 10.7. The molecule has 1 amide bonds. The number of nitrogens with zero attached hydrogens (tertiary/aromatic N) is 4. The van der Waals surface area contributed by atoms with Crippen LogP contribution >= 0.6 is 0 Å². The van der Waals surface area contributed by atoms with Gasteiger partial charge in [0.1, 0.15) is 11.8 Å². The number of fused-ring (bicyclic) bond motifs is 1. The Labute approximate surface area is 264 Å². The van der Waals surface area contributed by atoms with Crippen molar-refractivity contribution in [3.8, 4) is 5.75 Å². The van der Waals surface area contributed by atoms with E-state index in [1.807, 2.05) is 35.2 Å². The number of methoxy groups -OCH3 is 1. The molecule has 2 atom stereocenters. The summed E-state index contributed by atoms with van der Waals surface area (Å²) in [6.45, 7) is 6.62. The van der Waals surface area contributed by atoms with Gasteiger partial charge in [0.2, 0.25) is 0 Å². The zero-order chi connectivity index (χ0) is 31.6. The third kappa shape index (κ3) is 6.16. The van der Waals surface area contributed by atoms with E-state index in [0.29, 0.717) is 36.0 Å². The monoisotopic (exact) mass is 631 g/mol. The van der Waals surface area contributed by atoms with Crippen LogP contribution in [0.4, 0.5) is 0 Å². The lowest BCUT2D eigenvalue weighted by molar-refractivity contribution is -0.132. The summed E-state index contributed by atoms with van der Waals surface area (Å²) >= 11 is 0. The van der Waals surface area contributed by atoms with Gasteiger partial charge < -0.3 is 19.9 Å². The molecule has 4 aromatic rings. The Kier molecular flexibility index (Phi) is 9.11. The highest BCUT2D eigenvalue weighted by Crippen LogP contribution is 2.29. The number of nitrogens with one attached hydrogen (secondary N) is 1. The molecular formula is C34H41N5O5S. The van der Waals surface area contributed by atoms with Crippen molar-refractivity contribution in [2.24, 2.45) is 0 Å². The molecule has 45 heavy (non-hydrogen) atoms. The molecule has 2 aliphatic heterocycles. The van der Waals surface area contributed by atoms with Gasteiger partial charge in [0.25, 0.3) is 15.9 Å². The summed E-state index contributed by atoms with van der Waals surface area (Å²) in [7, 11) is -2.81. The van der Waals surface area contributed by atoms with E-state index in [9.17, 15) is 18.0 Å². The van der Waals surface area contributed by atoms with Gasteiger partial charge in [-0.05, 0) is 87.3 Å². The normalized spacial score (nSPS) is 18.8. The summed E-state index contributed by atoms with van der Waals surface area (Å²) in [5.41, 5.74) is 0.410. The molecule has 3 aromatic carbocycles. The number of carbonyl (C=O) groups is 1. The molecule has 1 unspecified atom stereocenters. The van der Waals surface area contributed by atoms with Crippen LogP contribution in [0.5, 0.6) is 5.75 Å². The molecule has 10 nitrogen and oxygen atoms in total. The number of piperidine rings is 1. The Morgan fingerprint density at radius 3 is 2.20 bits per heavy atom. The maximum Gasteiger partial charge on any atom is 0.344 e. The second kappa shape index (κ2) is 13.2. The first kappa shape index (κ1) is 31.1. The molecule has 2 saturated heterocycles. The topological polar surface area (TPSA) is 106 Å². The van der Waals surface area contributed by atoms with E-state index in [4.69, 9.17) is 4.74 Å². The van der Waals surface area contributed by atoms with Gasteiger partial charge >= 0.3 is 5.69 Å². The molecule has 0 spiro atoms. The molecule has 0 aliphatic carbocycles. The molecule has 1 N–H and O–H groups in total. The summed E-state index contributed by atoms with van der Waals surface area (Å²) in [6.07, 6.45) is 4.17. The van der Waals surface area contributed by atoms with E-state index in [1.54, 1.807) is 36.4 Å². The molecule has 238 valence electrons. The molecule has 0 saturated carbocycles. The fourth-order valence-corrected chi connectivity index (χ4v) is 8.16. The highest BCUT2D eigenvalue weighted by atomic mass is 32.2. The Morgan fingerprint density at radius 1 is 0.889 bits per heavy atom. The maximum absolute atomic E-state index is 14.5. The van der Waals surface area contributed by atoms with Gasteiger partial charge in [-0.3, -0.25) is 9.36 Å². The first-order valence-electron chi connectivity index (χ1n) is 15.8. The molecule has 6 rings (SSSR count). The second-order valence-corrected chi connectivity index (χ2v) is 13.7. The van der Waals surface area contributed by atoms with Crippen LogP contribution in [0, 0.1) is 0 Å². The van der Waals surface area contributed by atoms with Gasteiger partial charge in [-0.2, -0.15) is 3.97 Å². The van der Waals surface area contributed by atoms with Gasteiger partial charge in [0.05, 0.1) is 23.0 Å². The molecule has 1 aromatic heterocycles. The SMILES string of the molecule is CCCN1CCC(N[C@H]2CCN(C(=O)C(c3ccccc3)n3c(=O)n(S(=O)(=O)c4ccc(OC)cc4)c4ccccc43)C2)CC1. The summed E-state index contributed by atoms with van der Waals surface area (Å²) in [5, 5.41) is 3.79. The maximum atomic E-state index is 14.5. The van der Waals surface area contributed by atoms with Gasteiger partial charge in [0, 0.05) is 25.2 Å². The fraction of sp³-hybridized carbons (Fsp3) is 0.412. The Hall–Kier alpha value is -3.93. The molecule has 2 aliphatic rings. The smallest absolute Gasteiger partial charge is 0.344 e. The van der Waals surface area contributed by atoms with Crippen molar-refractivity contribution in [1.29, 1.82) is 0 Å². The van der Waals surface area contributed by atoms with Crippen LogP contribution in [0.3, 0.4) is 0 Å². The van der Waals surface area contributed by atoms with Crippen molar-refractivity contribution in [2.45, 2.75) is 55.6 Å². The third-order valence-electron chi connectivity index (χ3n) is 9.04. The first-order valence-corrected chi connectivity index (χ1v) is 17.2. The molecule has 0 radical (unpaired) electrons. The van der Waals surface area contributed by atoms with Crippen molar-refractivity contribution < 1.29 is 17.9 Å². The zero-order valence-corrected chi connectivity index (χ0v) is 26.7. The van der Waals surface area contributed by atoms with Crippen LogP contribution in [0.2, 0.25) is 0 Å². The van der Waals surface area contributed by atoms with Gasteiger partial charge in [-0.25, -0.2) is 13.2 Å². The predicted molar refractivity (Wildman–Crippen MR) is 174 cm³/mol. The van der Waals surface area contributed by atoms with Crippen LogP contribution < -0.4 is 15.7 Å². The molecular weight excluding hydrogens is 590 g/mol. The highest BCUT2D eigenvalue weighted by molar-refractivity contribution is 7.90. The Balaban J connectivity index is 1.34. The van der Waals surface area contributed by atoms with Gasteiger partial charge in [-0.1, -0.05) is 49.4 Å². The minimum Gasteiger partial charge on any atom is -0.497 e. The van der Waals surface area contributed by atoms with E-state index in [1.165, 1.54) is 23.8 Å². The molecule has 11 heteroatoms. The molecule has 0 bridgehead atoms. The average Bonchev–Trinajstić information content (AvgIpc) is 3.65. The molecule has 2 fully saturated rings. The minimum atomic E-state index is -4.30. The Morgan fingerprint density at radius 2 is 1.53 bits per heavy atom. The number of hydrogen-bond donors (Lipinski definition) is 1. The average molecular weight is 632 g/mol. The highest BCUT2D eigenvalue weighted by Gasteiger charge is 2.37. The van der Waals surface area contributed by atoms with Gasteiger partial charge in [-0.15, -0.1) is 0 Å². The van der Waals surface area contributed by atoms with Crippen molar-refractivity contribution >= 4 is 27.0 Å². The van der Waals surface area contributed by atoms with E-state index < -0.39 is 21.8 Å². The lowest BCUT2D eigenvalue weighted by atomic mass is 10.0. The number of benzene rings is 3. The van der Waals surface area contributed by atoms with E-state index >= 15 is 0 Å². The second-order valence-electron chi connectivity index (χ2n) is 12.0. The first-order chi connectivity index (χ1) is 21.8. The van der Waals surface area contributed by atoms with Crippen molar-refractivity contribution in [2.75, 3.05) is 39.8 Å². The number of amides is 1. The van der Waals surface area contributed by atoms with Crippen molar-refractivity contribution in [3.63, 3.8) is 0 Å². The minimum absolute atomic E-state index is 0.0510. The number of imidazole rings is 1. The Bertz CT molecular complexity index is 1790. The van der Waals surface area contributed by atoms with Crippen LogP contribution in [0.1, 0.15) is 44.2 Å². The van der Waals surface area contributed by atoms with E-state index in [-0.39, 0.29) is 22.4 Å². The summed E-state index contributed by atoms with van der Waals surface area (Å²) in [6, 6.07) is 21.3.